The molecule has 0 atom stereocenters. The lowest BCUT2D eigenvalue weighted by Gasteiger charge is -2.03. The Kier molecular flexibility index (Phi) is 3.34. The van der Waals surface area contributed by atoms with Crippen LogP contribution in [-0.2, 0) is 23.1 Å². The average Bonchev–Trinajstić information content (AvgIpc) is 2.95. The third kappa shape index (κ3) is 2.51. The number of H-pyrrole nitrogens is 1. The fourth-order valence-corrected chi connectivity index (χ4v) is 2.50. The van der Waals surface area contributed by atoms with Crippen LogP contribution >= 0.6 is 0 Å². The van der Waals surface area contributed by atoms with Gasteiger partial charge in [0.15, 0.2) is 5.82 Å². The first-order valence-electron chi connectivity index (χ1n) is 5.33. The molecular weight excluding hydrogens is 256 g/mol. The van der Waals surface area contributed by atoms with Crippen LogP contribution in [0.25, 0.3) is 0 Å². The first-order valence-corrected chi connectivity index (χ1v) is 6.82. The number of rotatable bonds is 5. The predicted molar refractivity (Wildman–Crippen MR) is 64.9 cm³/mol. The lowest BCUT2D eigenvalue weighted by molar-refractivity contribution is 0.580. The molecule has 0 unspecified atom stereocenters. The predicted octanol–water partition coefficient (Wildman–Crippen LogP) is -0.313. The highest BCUT2D eigenvalue weighted by molar-refractivity contribution is 7.89. The molecule has 18 heavy (non-hydrogen) atoms. The monoisotopic (exact) mass is 270 g/mol. The number of anilines is 1. The lowest BCUT2D eigenvalue weighted by atomic mass is 10.4. The van der Waals surface area contributed by atoms with E-state index in [0.717, 1.165) is 0 Å². The second kappa shape index (κ2) is 4.78. The maximum atomic E-state index is 12.0. The van der Waals surface area contributed by atoms with Gasteiger partial charge >= 0.3 is 0 Å². The van der Waals surface area contributed by atoms with E-state index >= 15 is 0 Å². The summed E-state index contributed by atoms with van der Waals surface area (Å²) < 4.78 is 27.9. The fraction of sp³-hybridized carbons (Fsp3) is 0.333. The maximum absolute atomic E-state index is 12.0. The van der Waals surface area contributed by atoms with Gasteiger partial charge in [0.25, 0.3) is 0 Å². The van der Waals surface area contributed by atoms with Gasteiger partial charge in [-0.1, -0.05) is 0 Å². The molecule has 98 valence electrons. The Hall–Kier alpha value is -1.87. The minimum atomic E-state index is -3.66. The molecule has 0 saturated heterocycles. The number of nitrogens with two attached hydrogens (primary N) is 1. The first kappa shape index (κ1) is 12.6. The molecule has 0 aliphatic heterocycles. The Balaban J connectivity index is 2.17. The van der Waals surface area contributed by atoms with Crippen molar-refractivity contribution in [1.29, 1.82) is 0 Å². The van der Waals surface area contributed by atoms with Crippen molar-refractivity contribution in [3.63, 3.8) is 0 Å². The molecule has 4 N–H and O–H groups in total. The number of hydrogen-bond acceptors (Lipinski definition) is 5. The zero-order valence-corrected chi connectivity index (χ0v) is 10.6. The van der Waals surface area contributed by atoms with Gasteiger partial charge < -0.3 is 5.73 Å². The second-order valence-electron chi connectivity index (χ2n) is 3.64. The molecule has 2 aromatic rings. The molecule has 0 aliphatic rings. The van der Waals surface area contributed by atoms with Gasteiger partial charge in [0.05, 0.1) is 12.2 Å². The molecule has 0 bridgehead atoms. The van der Waals surface area contributed by atoms with Crippen LogP contribution in [0, 0.1) is 0 Å². The van der Waals surface area contributed by atoms with Crippen molar-refractivity contribution in [2.24, 2.45) is 0 Å². The van der Waals surface area contributed by atoms with E-state index in [-0.39, 0.29) is 17.3 Å². The van der Waals surface area contributed by atoms with Crippen LogP contribution in [-0.4, -0.2) is 28.4 Å². The molecule has 0 aromatic carbocycles. The second-order valence-corrected chi connectivity index (χ2v) is 5.38. The number of aromatic amines is 1. The summed E-state index contributed by atoms with van der Waals surface area (Å²) >= 11 is 0. The summed E-state index contributed by atoms with van der Waals surface area (Å²) in [4.78, 5) is -0.0103. The van der Waals surface area contributed by atoms with Crippen molar-refractivity contribution in [3.05, 3.63) is 24.2 Å². The van der Waals surface area contributed by atoms with Gasteiger partial charge in [0.1, 0.15) is 4.90 Å². The highest BCUT2D eigenvalue weighted by atomic mass is 32.2. The van der Waals surface area contributed by atoms with E-state index in [9.17, 15) is 8.42 Å². The van der Waals surface area contributed by atoms with Gasteiger partial charge in [-0.3, -0.25) is 9.78 Å². The molecule has 0 radical (unpaired) electrons. The van der Waals surface area contributed by atoms with Crippen molar-refractivity contribution >= 4 is 15.8 Å². The standard InChI is InChI=1S/C9H14N6O2S/c1-2-15-6-8(9(10)14-15)18(16,17)12-5-7-3-4-11-13-7/h3-4,6,12H,2,5H2,1H3,(H2,10,14)(H,11,13). The molecule has 2 aromatic heterocycles. The van der Waals surface area contributed by atoms with E-state index in [2.05, 4.69) is 20.0 Å². The van der Waals surface area contributed by atoms with E-state index in [0.29, 0.717) is 12.2 Å². The molecule has 0 saturated carbocycles. The topological polar surface area (TPSA) is 119 Å². The van der Waals surface area contributed by atoms with Gasteiger partial charge in [-0.25, -0.2) is 13.1 Å². The number of hydrogen-bond donors (Lipinski definition) is 3. The molecule has 8 nitrogen and oxygen atoms in total. The summed E-state index contributed by atoms with van der Waals surface area (Å²) in [5, 5.41) is 10.3. The SMILES string of the molecule is CCn1cc(S(=O)(=O)NCc2ccn[nH]2)c(N)n1. The Morgan fingerprint density at radius 3 is 2.89 bits per heavy atom. The van der Waals surface area contributed by atoms with Gasteiger partial charge in [0, 0.05) is 18.9 Å². The van der Waals surface area contributed by atoms with Crippen LogP contribution in [0.4, 0.5) is 5.82 Å². The normalized spacial score (nSPS) is 11.8. The average molecular weight is 270 g/mol. The number of sulfonamides is 1. The zero-order chi connectivity index (χ0) is 13.2. The largest absolute Gasteiger partial charge is 0.381 e. The summed E-state index contributed by atoms with van der Waals surface area (Å²) in [6, 6.07) is 1.68. The van der Waals surface area contributed by atoms with Gasteiger partial charge in [-0.15, -0.1) is 0 Å². The maximum Gasteiger partial charge on any atom is 0.246 e. The quantitative estimate of drug-likeness (QED) is 0.688. The van der Waals surface area contributed by atoms with Crippen LogP contribution < -0.4 is 10.5 Å². The van der Waals surface area contributed by atoms with Crippen LogP contribution in [0.3, 0.4) is 0 Å². The Morgan fingerprint density at radius 2 is 2.33 bits per heavy atom. The van der Waals surface area contributed by atoms with E-state index in [4.69, 9.17) is 5.73 Å². The van der Waals surface area contributed by atoms with Crippen LogP contribution in [0.15, 0.2) is 23.4 Å². The molecule has 0 amide bonds. The van der Waals surface area contributed by atoms with Crippen molar-refractivity contribution in [2.45, 2.75) is 24.9 Å². The highest BCUT2D eigenvalue weighted by Gasteiger charge is 2.20. The molecule has 2 heterocycles. The molecular formula is C9H14N6O2S. The Labute approximate surface area is 104 Å². The zero-order valence-electron chi connectivity index (χ0n) is 9.79. The fourth-order valence-electron chi connectivity index (χ4n) is 1.42. The molecule has 0 aliphatic carbocycles. The number of nitrogens with zero attached hydrogens (tertiary/aromatic N) is 3. The number of nitrogens with one attached hydrogen (secondary N) is 2. The summed E-state index contributed by atoms with van der Waals surface area (Å²) in [7, 11) is -3.66. The van der Waals surface area contributed by atoms with Crippen molar-refractivity contribution < 1.29 is 8.42 Å². The van der Waals surface area contributed by atoms with Crippen molar-refractivity contribution in [1.82, 2.24) is 24.7 Å². The summed E-state index contributed by atoms with van der Waals surface area (Å²) in [6.45, 7) is 2.53. The number of aryl methyl sites for hydroxylation is 1. The van der Waals surface area contributed by atoms with E-state index in [1.807, 2.05) is 6.92 Å². The molecule has 2 rings (SSSR count). The minimum Gasteiger partial charge on any atom is -0.381 e. The van der Waals surface area contributed by atoms with Gasteiger partial charge in [0.2, 0.25) is 10.0 Å². The summed E-state index contributed by atoms with van der Waals surface area (Å²) in [5.41, 5.74) is 6.25. The van der Waals surface area contributed by atoms with Crippen LogP contribution in [0.2, 0.25) is 0 Å². The Bertz CT molecular complexity index is 616. The van der Waals surface area contributed by atoms with Gasteiger partial charge in [-0.2, -0.15) is 10.2 Å². The van der Waals surface area contributed by atoms with Crippen molar-refractivity contribution in [3.8, 4) is 0 Å². The highest BCUT2D eigenvalue weighted by Crippen LogP contribution is 2.16. The lowest BCUT2D eigenvalue weighted by Crippen LogP contribution is -2.23. The molecule has 0 spiro atoms. The van der Waals surface area contributed by atoms with Gasteiger partial charge in [-0.05, 0) is 13.0 Å². The van der Waals surface area contributed by atoms with Crippen LogP contribution in [0.5, 0.6) is 0 Å². The van der Waals surface area contributed by atoms with E-state index < -0.39 is 10.0 Å². The smallest absolute Gasteiger partial charge is 0.246 e. The summed E-state index contributed by atoms with van der Waals surface area (Å²) in [5.74, 6) is -0.00559. The first-order chi connectivity index (χ1) is 8.53. The Morgan fingerprint density at radius 1 is 1.56 bits per heavy atom. The van der Waals surface area contributed by atoms with E-state index in [1.165, 1.54) is 10.9 Å². The van der Waals surface area contributed by atoms with Crippen molar-refractivity contribution in [2.75, 3.05) is 5.73 Å². The van der Waals surface area contributed by atoms with E-state index in [1.54, 1.807) is 12.3 Å². The molecule has 0 fully saturated rings. The minimum absolute atomic E-state index is 0.00559. The third-order valence-corrected chi connectivity index (χ3v) is 3.80. The third-order valence-electron chi connectivity index (χ3n) is 2.38. The molecule has 9 heteroatoms. The van der Waals surface area contributed by atoms with Crippen LogP contribution in [0.1, 0.15) is 12.6 Å². The summed E-state index contributed by atoms with van der Waals surface area (Å²) in [6.07, 6.45) is 2.96. The number of nitrogen functional groups attached to an aromatic ring is 1. The number of aromatic nitrogens is 4.